The Balaban J connectivity index is 1.78. The zero-order chi connectivity index (χ0) is 15.1. The van der Waals surface area contributed by atoms with Crippen molar-refractivity contribution in [2.24, 2.45) is 0 Å². The largest absolute Gasteiger partial charge is 0.363 e. The van der Waals surface area contributed by atoms with Crippen molar-refractivity contribution in [3.63, 3.8) is 0 Å². The minimum Gasteiger partial charge on any atom is -0.363 e. The Morgan fingerprint density at radius 2 is 2.38 bits per heavy atom. The first kappa shape index (κ1) is 15.4. The SMILES string of the molecule is CN(CCNC(=O)C#Cc1cccc(Cl)c1)c1cncs1. The average Bonchev–Trinajstić information content (AvgIpc) is 2.99. The number of aromatic nitrogens is 1. The molecule has 1 heterocycles. The number of likely N-dealkylation sites (N-methyl/N-ethyl adjacent to an activating group) is 1. The summed E-state index contributed by atoms with van der Waals surface area (Å²) in [5, 5.41) is 4.43. The van der Waals surface area contributed by atoms with E-state index in [9.17, 15) is 4.79 Å². The molecule has 0 radical (unpaired) electrons. The van der Waals surface area contributed by atoms with Crippen LogP contribution < -0.4 is 10.2 Å². The summed E-state index contributed by atoms with van der Waals surface area (Å²) in [6.07, 6.45) is 1.80. The van der Waals surface area contributed by atoms with Gasteiger partial charge in [-0.3, -0.25) is 9.78 Å². The smallest absolute Gasteiger partial charge is 0.296 e. The molecule has 2 rings (SSSR count). The van der Waals surface area contributed by atoms with Gasteiger partial charge in [-0.1, -0.05) is 23.6 Å². The highest BCUT2D eigenvalue weighted by Crippen LogP contribution is 2.16. The van der Waals surface area contributed by atoms with Crippen molar-refractivity contribution in [3.8, 4) is 11.8 Å². The van der Waals surface area contributed by atoms with Gasteiger partial charge in [0.25, 0.3) is 5.91 Å². The quantitative estimate of drug-likeness (QED) is 0.880. The predicted octanol–water partition coefficient (Wildman–Crippen LogP) is 2.40. The molecule has 0 saturated heterocycles. The minimum atomic E-state index is -0.298. The lowest BCUT2D eigenvalue weighted by Gasteiger charge is -2.15. The molecule has 0 fully saturated rings. The molecule has 1 N–H and O–H groups in total. The first-order chi connectivity index (χ1) is 10.1. The van der Waals surface area contributed by atoms with E-state index in [0.717, 1.165) is 10.6 Å². The molecule has 0 unspecified atom stereocenters. The Labute approximate surface area is 132 Å². The third kappa shape index (κ3) is 5.10. The maximum atomic E-state index is 11.6. The fourth-order valence-electron chi connectivity index (χ4n) is 1.58. The Morgan fingerprint density at radius 3 is 3.10 bits per heavy atom. The maximum Gasteiger partial charge on any atom is 0.296 e. The molecule has 1 aromatic carbocycles. The van der Waals surface area contributed by atoms with E-state index in [2.05, 4.69) is 22.1 Å². The summed E-state index contributed by atoms with van der Waals surface area (Å²) in [5.41, 5.74) is 2.50. The van der Waals surface area contributed by atoms with E-state index in [-0.39, 0.29) is 5.91 Å². The summed E-state index contributed by atoms with van der Waals surface area (Å²) in [6.45, 7) is 1.23. The van der Waals surface area contributed by atoms with Gasteiger partial charge in [0, 0.05) is 36.6 Å². The van der Waals surface area contributed by atoms with Crippen LogP contribution in [0.25, 0.3) is 0 Å². The fourth-order valence-corrected chi connectivity index (χ4v) is 2.40. The molecule has 0 spiro atoms. The number of amides is 1. The maximum absolute atomic E-state index is 11.6. The van der Waals surface area contributed by atoms with Crippen LogP contribution in [0.1, 0.15) is 5.56 Å². The number of halogens is 1. The molecule has 108 valence electrons. The zero-order valence-corrected chi connectivity index (χ0v) is 13.0. The summed E-state index contributed by atoms with van der Waals surface area (Å²) < 4.78 is 0. The Hall–Kier alpha value is -2.03. The van der Waals surface area contributed by atoms with E-state index in [1.165, 1.54) is 0 Å². The van der Waals surface area contributed by atoms with E-state index in [4.69, 9.17) is 11.6 Å². The lowest BCUT2D eigenvalue weighted by molar-refractivity contribution is -0.115. The molecule has 0 aliphatic heterocycles. The molecule has 0 atom stereocenters. The normalized spacial score (nSPS) is 9.62. The molecule has 4 nitrogen and oxygen atoms in total. The molecule has 0 aliphatic carbocycles. The van der Waals surface area contributed by atoms with Crippen molar-refractivity contribution < 1.29 is 4.79 Å². The first-order valence-corrected chi connectivity index (χ1v) is 7.56. The van der Waals surface area contributed by atoms with Gasteiger partial charge in [0.05, 0.1) is 11.7 Å². The molecule has 6 heteroatoms. The van der Waals surface area contributed by atoms with Crippen molar-refractivity contribution in [2.45, 2.75) is 0 Å². The summed E-state index contributed by atoms with van der Waals surface area (Å²) in [5.74, 6) is 5.03. The van der Waals surface area contributed by atoms with Gasteiger partial charge < -0.3 is 10.2 Å². The van der Waals surface area contributed by atoms with Crippen molar-refractivity contribution in [1.82, 2.24) is 10.3 Å². The van der Waals surface area contributed by atoms with Gasteiger partial charge in [-0.15, -0.1) is 11.3 Å². The number of benzene rings is 1. The summed E-state index contributed by atoms with van der Waals surface area (Å²) in [6, 6.07) is 7.10. The number of hydrogen-bond acceptors (Lipinski definition) is 4. The van der Waals surface area contributed by atoms with E-state index in [1.807, 2.05) is 18.0 Å². The van der Waals surface area contributed by atoms with Crippen LogP contribution >= 0.6 is 22.9 Å². The third-order valence-electron chi connectivity index (χ3n) is 2.67. The topological polar surface area (TPSA) is 45.2 Å². The van der Waals surface area contributed by atoms with Gasteiger partial charge in [-0.05, 0) is 18.2 Å². The highest BCUT2D eigenvalue weighted by atomic mass is 35.5. The second kappa shape index (κ2) is 7.67. The molecule has 0 bridgehead atoms. The molecule has 21 heavy (non-hydrogen) atoms. The highest BCUT2D eigenvalue weighted by Gasteiger charge is 2.02. The van der Waals surface area contributed by atoms with Crippen molar-refractivity contribution in [3.05, 3.63) is 46.6 Å². The number of nitrogens with one attached hydrogen (secondary N) is 1. The predicted molar refractivity (Wildman–Crippen MR) is 86.7 cm³/mol. The van der Waals surface area contributed by atoms with E-state index >= 15 is 0 Å². The van der Waals surface area contributed by atoms with Crippen LogP contribution in [0.5, 0.6) is 0 Å². The van der Waals surface area contributed by atoms with Crippen LogP contribution in [0.3, 0.4) is 0 Å². The third-order valence-corrected chi connectivity index (χ3v) is 3.79. The lowest BCUT2D eigenvalue weighted by atomic mass is 10.2. The van der Waals surface area contributed by atoms with Crippen LogP contribution in [-0.4, -0.2) is 31.0 Å². The van der Waals surface area contributed by atoms with E-state index in [1.54, 1.807) is 41.2 Å². The molecule has 2 aromatic rings. The summed E-state index contributed by atoms with van der Waals surface area (Å²) in [7, 11) is 1.96. The van der Waals surface area contributed by atoms with Crippen LogP contribution in [0.2, 0.25) is 5.02 Å². The molecule has 1 aromatic heterocycles. The van der Waals surface area contributed by atoms with Gasteiger partial charge in [-0.25, -0.2) is 0 Å². The number of carbonyl (C=O) groups excluding carboxylic acids is 1. The number of thiazole rings is 1. The number of carbonyl (C=O) groups is 1. The average molecular weight is 320 g/mol. The van der Waals surface area contributed by atoms with Gasteiger partial charge in [0.2, 0.25) is 0 Å². The van der Waals surface area contributed by atoms with Crippen molar-refractivity contribution >= 4 is 33.8 Å². The Morgan fingerprint density at radius 1 is 1.52 bits per heavy atom. The second-order valence-electron chi connectivity index (χ2n) is 4.28. The monoisotopic (exact) mass is 319 g/mol. The van der Waals surface area contributed by atoms with Crippen molar-refractivity contribution in [2.75, 3.05) is 25.0 Å². The van der Waals surface area contributed by atoms with Crippen LogP contribution in [0, 0.1) is 11.8 Å². The molecule has 1 amide bonds. The number of rotatable bonds is 4. The first-order valence-electron chi connectivity index (χ1n) is 6.30. The minimum absolute atomic E-state index is 0.298. The molecular weight excluding hydrogens is 306 g/mol. The zero-order valence-electron chi connectivity index (χ0n) is 11.5. The van der Waals surface area contributed by atoms with Gasteiger partial charge in [0.1, 0.15) is 5.00 Å². The van der Waals surface area contributed by atoms with Crippen molar-refractivity contribution in [1.29, 1.82) is 0 Å². The number of nitrogens with zero attached hydrogens (tertiary/aromatic N) is 2. The number of hydrogen-bond donors (Lipinski definition) is 1. The molecule has 0 saturated carbocycles. The fraction of sp³-hybridized carbons (Fsp3) is 0.200. The van der Waals surface area contributed by atoms with Gasteiger partial charge in [-0.2, -0.15) is 0 Å². The highest BCUT2D eigenvalue weighted by molar-refractivity contribution is 7.13. The van der Waals surface area contributed by atoms with E-state index < -0.39 is 0 Å². The van der Waals surface area contributed by atoms with Crippen LogP contribution in [-0.2, 0) is 4.79 Å². The van der Waals surface area contributed by atoms with Crippen LogP contribution in [0.15, 0.2) is 36.0 Å². The summed E-state index contributed by atoms with van der Waals surface area (Å²) in [4.78, 5) is 17.7. The molecule has 0 aliphatic rings. The number of anilines is 1. The Bertz CT molecular complexity index is 661. The van der Waals surface area contributed by atoms with E-state index in [0.29, 0.717) is 18.1 Å². The second-order valence-corrected chi connectivity index (χ2v) is 5.58. The standard InChI is InChI=1S/C15H14ClN3OS/c1-19(15-10-17-11-21-15)8-7-18-14(20)6-5-12-3-2-4-13(16)9-12/h2-4,9-11H,7-8H2,1H3,(H,18,20). The summed E-state index contributed by atoms with van der Waals surface area (Å²) >= 11 is 7.41. The van der Waals surface area contributed by atoms with Crippen LogP contribution in [0.4, 0.5) is 5.00 Å². The van der Waals surface area contributed by atoms with Gasteiger partial charge >= 0.3 is 0 Å². The molecular formula is C15H14ClN3OS. The lowest BCUT2D eigenvalue weighted by Crippen LogP contribution is -2.31. The van der Waals surface area contributed by atoms with Gasteiger partial charge in [0.15, 0.2) is 0 Å². The Kier molecular flexibility index (Phi) is 5.61.